The van der Waals surface area contributed by atoms with Crippen molar-refractivity contribution in [2.75, 3.05) is 0 Å². The molecule has 0 heterocycles. The lowest BCUT2D eigenvalue weighted by molar-refractivity contribution is 0.317. The van der Waals surface area contributed by atoms with Gasteiger partial charge >= 0.3 is 0 Å². The largest absolute Gasteiger partial charge is 0.383 e. The molecule has 1 nitrogen and oxygen atoms in total. The van der Waals surface area contributed by atoms with Crippen LogP contribution in [0, 0.1) is 5.92 Å². The molecule has 0 saturated heterocycles. The summed E-state index contributed by atoms with van der Waals surface area (Å²) >= 11 is 0. The van der Waals surface area contributed by atoms with Gasteiger partial charge in [0.25, 0.3) is 0 Å². The smallest absolute Gasteiger partial charge is 0.0467 e. The Morgan fingerprint density at radius 3 is 2.27 bits per heavy atom. The first kappa shape index (κ1) is 12.4. The molecule has 0 aliphatic heterocycles. The van der Waals surface area contributed by atoms with Gasteiger partial charge in [-0.1, -0.05) is 50.8 Å². The molecule has 15 heavy (non-hydrogen) atoms. The second kappa shape index (κ2) is 5.99. The minimum absolute atomic E-state index is 0.436. The van der Waals surface area contributed by atoms with E-state index in [4.69, 9.17) is 0 Å². The summed E-state index contributed by atoms with van der Waals surface area (Å²) in [4.78, 5) is 0. The second-order valence-corrected chi connectivity index (χ2v) is 5.06. The maximum absolute atomic E-state index is 4.07. The standard InChI is InChI=1S/C14H25N/c1-11(2)14(15-12(3)4)10-13-8-6-5-7-9-13/h13-15H,1,3,5-10H2,2,4H3/t14-/m0/s1. The van der Waals surface area contributed by atoms with Crippen LogP contribution >= 0.6 is 0 Å². The molecule has 1 atom stereocenters. The van der Waals surface area contributed by atoms with Gasteiger partial charge in [0.15, 0.2) is 0 Å². The molecule has 0 aromatic heterocycles. The monoisotopic (exact) mass is 207 g/mol. The van der Waals surface area contributed by atoms with Crippen LogP contribution in [-0.4, -0.2) is 6.04 Å². The molecule has 0 amide bonds. The average molecular weight is 207 g/mol. The van der Waals surface area contributed by atoms with Gasteiger partial charge in [-0.05, 0) is 26.2 Å². The van der Waals surface area contributed by atoms with Gasteiger partial charge < -0.3 is 5.32 Å². The van der Waals surface area contributed by atoms with E-state index < -0.39 is 0 Å². The lowest BCUT2D eigenvalue weighted by Crippen LogP contribution is -2.31. The van der Waals surface area contributed by atoms with E-state index in [9.17, 15) is 0 Å². The molecular weight excluding hydrogens is 182 g/mol. The van der Waals surface area contributed by atoms with Gasteiger partial charge in [0.2, 0.25) is 0 Å². The first-order chi connectivity index (χ1) is 7.09. The van der Waals surface area contributed by atoms with E-state index in [-0.39, 0.29) is 0 Å². The van der Waals surface area contributed by atoms with Crippen molar-refractivity contribution in [1.29, 1.82) is 0 Å². The van der Waals surface area contributed by atoms with Crippen molar-refractivity contribution in [3.8, 4) is 0 Å². The molecule has 1 aliphatic rings. The maximum atomic E-state index is 4.07. The van der Waals surface area contributed by atoms with Gasteiger partial charge in [-0.3, -0.25) is 0 Å². The summed E-state index contributed by atoms with van der Waals surface area (Å²) in [7, 11) is 0. The van der Waals surface area contributed by atoms with Gasteiger partial charge in [-0.25, -0.2) is 0 Å². The van der Waals surface area contributed by atoms with Crippen molar-refractivity contribution in [3.05, 3.63) is 24.4 Å². The molecule has 0 radical (unpaired) electrons. The molecule has 1 aliphatic carbocycles. The molecular formula is C14H25N. The first-order valence-electron chi connectivity index (χ1n) is 6.17. The fourth-order valence-corrected chi connectivity index (χ4v) is 2.44. The Labute approximate surface area is 94.6 Å². The summed E-state index contributed by atoms with van der Waals surface area (Å²) in [5.74, 6) is 0.896. The van der Waals surface area contributed by atoms with Gasteiger partial charge in [-0.2, -0.15) is 0 Å². The zero-order valence-electron chi connectivity index (χ0n) is 10.3. The van der Waals surface area contributed by atoms with Gasteiger partial charge in [0, 0.05) is 11.7 Å². The predicted octanol–water partition coefficient (Wildman–Crippen LogP) is 4.02. The zero-order valence-corrected chi connectivity index (χ0v) is 10.3. The number of allylic oxidation sites excluding steroid dienone is 1. The van der Waals surface area contributed by atoms with Crippen molar-refractivity contribution < 1.29 is 0 Å². The maximum Gasteiger partial charge on any atom is 0.0467 e. The Balaban J connectivity index is 2.42. The average Bonchev–Trinajstić information content (AvgIpc) is 2.17. The van der Waals surface area contributed by atoms with Crippen LogP contribution in [0.4, 0.5) is 0 Å². The zero-order chi connectivity index (χ0) is 11.3. The van der Waals surface area contributed by atoms with Crippen LogP contribution in [-0.2, 0) is 0 Å². The highest BCUT2D eigenvalue weighted by molar-refractivity contribution is 5.06. The summed E-state index contributed by atoms with van der Waals surface area (Å²) < 4.78 is 0. The Bertz CT molecular complexity index is 223. The normalized spacial score (nSPS) is 19.6. The summed E-state index contributed by atoms with van der Waals surface area (Å²) in [5, 5.41) is 3.43. The molecule has 1 N–H and O–H groups in total. The summed E-state index contributed by atoms with van der Waals surface area (Å²) in [6, 6.07) is 0.436. The van der Waals surface area contributed by atoms with Crippen LogP contribution in [0.15, 0.2) is 24.4 Å². The van der Waals surface area contributed by atoms with E-state index in [1.165, 1.54) is 44.1 Å². The number of hydrogen-bond donors (Lipinski definition) is 1. The van der Waals surface area contributed by atoms with Crippen LogP contribution in [0.5, 0.6) is 0 Å². The molecule has 1 rings (SSSR count). The van der Waals surface area contributed by atoms with E-state index >= 15 is 0 Å². The van der Waals surface area contributed by atoms with Crippen LogP contribution < -0.4 is 5.32 Å². The van der Waals surface area contributed by atoms with Crippen molar-refractivity contribution in [2.45, 2.75) is 58.4 Å². The van der Waals surface area contributed by atoms with Gasteiger partial charge in [0.05, 0.1) is 0 Å². The van der Waals surface area contributed by atoms with Gasteiger partial charge in [-0.15, -0.1) is 0 Å². The van der Waals surface area contributed by atoms with E-state index in [2.05, 4.69) is 25.4 Å². The third kappa shape index (κ3) is 4.55. The molecule has 0 unspecified atom stereocenters. The third-order valence-electron chi connectivity index (χ3n) is 3.31. The van der Waals surface area contributed by atoms with Crippen molar-refractivity contribution >= 4 is 0 Å². The molecule has 1 fully saturated rings. The number of hydrogen-bond acceptors (Lipinski definition) is 1. The Morgan fingerprint density at radius 2 is 1.80 bits per heavy atom. The summed E-state index contributed by atoms with van der Waals surface area (Å²) in [6.45, 7) is 12.1. The number of rotatable bonds is 5. The van der Waals surface area contributed by atoms with Crippen LogP contribution in [0.25, 0.3) is 0 Å². The quantitative estimate of drug-likeness (QED) is 0.671. The van der Waals surface area contributed by atoms with E-state index in [0.29, 0.717) is 6.04 Å². The van der Waals surface area contributed by atoms with Crippen molar-refractivity contribution in [2.24, 2.45) is 5.92 Å². The highest BCUT2D eigenvalue weighted by Crippen LogP contribution is 2.28. The lowest BCUT2D eigenvalue weighted by Gasteiger charge is -2.28. The first-order valence-corrected chi connectivity index (χ1v) is 6.17. The minimum Gasteiger partial charge on any atom is -0.383 e. The Kier molecular flexibility index (Phi) is 4.93. The van der Waals surface area contributed by atoms with Crippen molar-refractivity contribution in [1.82, 2.24) is 5.32 Å². The molecule has 1 heteroatoms. The molecule has 86 valence electrons. The van der Waals surface area contributed by atoms with Gasteiger partial charge in [0.1, 0.15) is 0 Å². The molecule has 0 bridgehead atoms. The third-order valence-corrected chi connectivity index (χ3v) is 3.31. The fraction of sp³-hybridized carbons (Fsp3) is 0.714. The highest BCUT2D eigenvalue weighted by Gasteiger charge is 2.18. The SMILES string of the molecule is C=C(C)N[C@@H](CC1CCCCC1)C(=C)C. The van der Waals surface area contributed by atoms with E-state index in [1.54, 1.807) is 0 Å². The predicted molar refractivity (Wildman–Crippen MR) is 67.7 cm³/mol. The second-order valence-electron chi connectivity index (χ2n) is 5.06. The minimum atomic E-state index is 0.436. The molecule has 0 spiro atoms. The Hall–Kier alpha value is -0.720. The number of nitrogens with one attached hydrogen (secondary N) is 1. The van der Waals surface area contributed by atoms with Crippen molar-refractivity contribution in [3.63, 3.8) is 0 Å². The lowest BCUT2D eigenvalue weighted by atomic mass is 9.83. The summed E-state index contributed by atoms with van der Waals surface area (Å²) in [5.41, 5.74) is 2.29. The van der Waals surface area contributed by atoms with Crippen LogP contribution in [0.3, 0.4) is 0 Å². The van der Waals surface area contributed by atoms with Crippen LogP contribution in [0.2, 0.25) is 0 Å². The van der Waals surface area contributed by atoms with E-state index in [0.717, 1.165) is 11.6 Å². The Morgan fingerprint density at radius 1 is 1.20 bits per heavy atom. The molecule has 1 saturated carbocycles. The highest BCUT2D eigenvalue weighted by atomic mass is 14.9. The molecule has 0 aromatic rings. The molecule has 0 aromatic carbocycles. The summed E-state index contributed by atoms with van der Waals surface area (Å²) in [6.07, 6.45) is 8.31. The fourth-order valence-electron chi connectivity index (χ4n) is 2.44. The topological polar surface area (TPSA) is 12.0 Å². The van der Waals surface area contributed by atoms with E-state index in [1.807, 2.05) is 6.92 Å². The van der Waals surface area contributed by atoms with Crippen LogP contribution in [0.1, 0.15) is 52.4 Å².